The molecule has 2 heterocycles. The third-order valence-electron chi connectivity index (χ3n) is 3.46. The molecule has 26 heavy (non-hydrogen) atoms. The number of nitrogens with zero attached hydrogens (tertiary/aromatic N) is 1. The number of aryl methyl sites for hydroxylation is 2. The average molecular weight is 396 g/mol. The molecule has 9 heteroatoms. The lowest BCUT2D eigenvalue weighted by Gasteiger charge is -2.03. The maximum absolute atomic E-state index is 12.1. The number of hydrogen-bond acceptors (Lipinski definition) is 8. The highest BCUT2D eigenvalue weighted by Crippen LogP contribution is 2.20. The summed E-state index contributed by atoms with van der Waals surface area (Å²) in [5.74, 6) is 0.663. The molecule has 2 aromatic rings. The molecule has 0 aromatic carbocycles. The smallest absolute Gasteiger partial charge is 0.316 e. The normalized spacial score (nSPS) is 10.6. The molecule has 0 bridgehead atoms. The summed E-state index contributed by atoms with van der Waals surface area (Å²) in [7, 11) is 0. The van der Waals surface area contributed by atoms with Crippen LogP contribution in [0, 0.1) is 13.8 Å². The van der Waals surface area contributed by atoms with E-state index in [9.17, 15) is 14.4 Å². The van der Waals surface area contributed by atoms with E-state index in [0.29, 0.717) is 17.2 Å². The molecular weight excluding hydrogens is 376 g/mol. The zero-order valence-electron chi connectivity index (χ0n) is 14.8. The zero-order valence-corrected chi connectivity index (χ0v) is 16.4. The lowest BCUT2D eigenvalue weighted by atomic mass is 10.2. The summed E-state index contributed by atoms with van der Waals surface area (Å²) >= 11 is 2.66. The molecule has 0 aliphatic carbocycles. The monoisotopic (exact) mass is 396 g/mol. The SMILES string of the molecule is CC(=O)NCc1ccc(C(=O)COC(=O)CSCc2c(C)noc2C)s1. The van der Waals surface area contributed by atoms with E-state index in [-0.39, 0.29) is 24.1 Å². The van der Waals surface area contributed by atoms with Crippen LogP contribution >= 0.6 is 23.1 Å². The molecule has 0 saturated heterocycles. The Balaban J connectivity index is 1.71. The van der Waals surface area contributed by atoms with Crippen LogP contribution < -0.4 is 5.32 Å². The number of thioether (sulfide) groups is 1. The maximum Gasteiger partial charge on any atom is 0.316 e. The number of carbonyl (C=O) groups is 3. The number of esters is 1. The summed E-state index contributed by atoms with van der Waals surface area (Å²) in [5.41, 5.74) is 1.79. The lowest BCUT2D eigenvalue weighted by molar-refractivity contribution is -0.139. The minimum atomic E-state index is -0.440. The fourth-order valence-electron chi connectivity index (χ4n) is 2.04. The molecule has 0 fully saturated rings. The lowest BCUT2D eigenvalue weighted by Crippen LogP contribution is -2.18. The van der Waals surface area contributed by atoms with Crippen molar-refractivity contribution in [2.75, 3.05) is 12.4 Å². The summed E-state index contributed by atoms with van der Waals surface area (Å²) < 4.78 is 10.1. The number of aromatic nitrogens is 1. The van der Waals surface area contributed by atoms with Crippen molar-refractivity contribution >= 4 is 40.8 Å². The second-order valence-corrected chi connectivity index (χ2v) is 7.71. The quantitative estimate of drug-likeness (QED) is 0.514. The van der Waals surface area contributed by atoms with Gasteiger partial charge in [0, 0.05) is 23.1 Å². The van der Waals surface area contributed by atoms with E-state index >= 15 is 0 Å². The Morgan fingerprint density at radius 2 is 2.08 bits per heavy atom. The van der Waals surface area contributed by atoms with Gasteiger partial charge in [-0.05, 0) is 26.0 Å². The molecule has 7 nitrogen and oxygen atoms in total. The number of ether oxygens (including phenoxy) is 1. The van der Waals surface area contributed by atoms with E-state index < -0.39 is 5.97 Å². The van der Waals surface area contributed by atoms with Crippen molar-refractivity contribution in [3.8, 4) is 0 Å². The minimum Gasteiger partial charge on any atom is -0.457 e. The maximum atomic E-state index is 12.1. The first-order valence-corrected chi connectivity index (χ1v) is 9.85. The summed E-state index contributed by atoms with van der Waals surface area (Å²) in [6, 6.07) is 3.44. The minimum absolute atomic E-state index is 0.130. The van der Waals surface area contributed by atoms with Gasteiger partial charge in [0.1, 0.15) is 5.76 Å². The van der Waals surface area contributed by atoms with Gasteiger partial charge < -0.3 is 14.6 Å². The highest BCUT2D eigenvalue weighted by Gasteiger charge is 2.14. The molecule has 0 unspecified atom stereocenters. The number of thiophene rings is 1. The molecule has 0 spiro atoms. The zero-order chi connectivity index (χ0) is 19.1. The van der Waals surface area contributed by atoms with Crippen LogP contribution in [0.25, 0.3) is 0 Å². The number of Topliss-reactive ketones (excluding diaryl/α,β-unsaturated/α-hetero) is 1. The Morgan fingerprint density at radius 1 is 1.31 bits per heavy atom. The van der Waals surface area contributed by atoms with Gasteiger partial charge in [-0.3, -0.25) is 14.4 Å². The van der Waals surface area contributed by atoms with Crippen molar-refractivity contribution in [2.24, 2.45) is 0 Å². The van der Waals surface area contributed by atoms with Crippen molar-refractivity contribution in [2.45, 2.75) is 33.1 Å². The molecule has 1 amide bonds. The largest absolute Gasteiger partial charge is 0.457 e. The van der Waals surface area contributed by atoms with Crippen LogP contribution in [-0.4, -0.2) is 35.2 Å². The molecule has 0 radical (unpaired) electrons. The van der Waals surface area contributed by atoms with Gasteiger partial charge in [-0.1, -0.05) is 5.16 Å². The Morgan fingerprint density at radius 3 is 2.73 bits per heavy atom. The van der Waals surface area contributed by atoms with Crippen LogP contribution in [0.1, 0.15) is 38.5 Å². The summed E-state index contributed by atoms with van der Waals surface area (Å²) in [5, 5.41) is 6.53. The molecule has 1 N–H and O–H groups in total. The second-order valence-electron chi connectivity index (χ2n) is 5.56. The Kier molecular flexibility index (Phi) is 7.40. The molecular formula is C17H20N2O5S2. The van der Waals surface area contributed by atoms with Crippen LogP contribution in [0.2, 0.25) is 0 Å². The summed E-state index contributed by atoms with van der Waals surface area (Å²) in [4.78, 5) is 36.1. The molecule has 0 aliphatic heterocycles. The predicted octanol–water partition coefficient (Wildman–Crippen LogP) is 2.65. The van der Waals surface area contributed by atoms with E-state index in [1.807, 2.05) is 13.8 Å². The first-order chi connectivity index (χ1) is 12.4. The van der Waals surface area contributed by atoms with Gasteiger partial charge in [-0.25, -0.2) is 0 Å². The van der Waals surface area contributed by atoms with Crippen molar-refractivity contribution in [3.05, 3.63) is 38.9 Å². The van der Waals surface area contributed by atoms with Crippen molar-refractivity contribution in [3.63, 3.8) is 0 Å². The Bertz CT molecular complexity index is 777. The first kappa shape index (κ1) is 20.2. The highest BCUT2D eigenvalue weighted by molar-refractivity contribution is 7.99. The van der Waals surface area contributed by atoms with Crippen molar-refractivity contribution < 1.29 is 23.6 Å². The molecule has 0 atom stereocenters. The topological polar surface area (TPSA) is 98.5 Å². The number of carbonyl (C=O) groups excluding carboxylic acids is 3. The highest BCUT2D eigenvalue weighted by atomic mass is 32.2. The third-order valence-corrected chi connectivity index (χ3v) is 5.52. The summed E-state index contributed by atoms with van der Waals surface area (Å²) in [6.45, 7) is 5.21. The van der Waals surface area contributed by atoms with Gasteiger partial charge in [-0.2, -0.15) is 0 Å². The molecule has 0 saturated carbocycles. The van der Waals surface area contributed by atoms with Crippen LogP contribution in [0.5, 0.6) is 0 Å². The second kappa shape index (κ2) is 9.54. The van der Waals surface area contributed by atoms with E-state index in [1.54, 1.807) is 12.1 Å². The molecule has 2 aromatic heterocycles. The number of hydrogen-bond donors (Lipinski definition) is 1. The predicted molar refractivity (Wildman–Crippen MR) is 99.3 cm³/mol. The number of amides is 1. The Hall–Kier alpha value is -2.13. The van der Waals surface area contributed by atoms with Crippen LogP contribution in [0.15, 0.2) is 16.7 Å². The first-order valence-electron chi connectivity index (χ1n) is 7.88. The summed E-state index contributed by atoms with van der Waals surface area (Å²) in [6.07, 6.45) is 0. The van der Waals surface area contributed by atoms with Crippen molar-refractivity contribution in [1.29, 1.82) is 0 Å². The van der Waals surface area contributed by atoms with Crippen molar-refractivity contribution in [1.82, 2.24) is 10.5 Å². The van der Waals surface area contributed by atoms with Gasteiger partial charge in [0.25, 0.3) is 0 Å². The number of rotatable bonds is 9. The molecule has 0 aliphatic rings. The fraction of sp³-hybridized carbons (Fsp3) is 0.412. The van der Waals surface area contributed by atoms with Crippen LogP contribution in [0.3, 0.4) is 0 Å². The van der Waals surface area contributed by atoms with E-state index in [0.717, 1.165) is 21.9 Å². The van der Waals surface area contributed by atoms with E-state index in [4.69, 9.17) is 9.26 Å². The number of nitrogens with one attached hydrogen (secondary N) is 1. The standard InChI is InChI=1S/C17H20N2O5S2/c1-10-14(11(2)24-19-10)8-25-9-17(22)23-7-15(21)16-5-4-13(26-16)6-18-12(3)20/h4-5H,6-9H2,1-3H3,(H,18,20). The van der Waals surface area contributed by atoms with E-state index in [2.05, 4.69) is 10.5 Å². The van der Waals surface area contributed by atoms with Gasteiger partial charge in [0.05, 0.1) is 22.9 Å². The Labute approximate surface area is 159 Å². The van der Waals surface area contributed by atoms with Gasteiger partial charge in [0.15, 0.2) is 6.61 Å². The van der Waals surface area contributed by atoms with Crippen LogP contribution in [0.4, 0.5) is 0 Å². The average Bonchev–Trinajstić information content (AvgIpc) is 3.19. The number of ketones is 1. The fourth-order valence-corrected chi connectivity index (χ4v) is 3.88. The van der Waals surface area contributed by atoms with Gasteiger partial charge >= 0.3 is 5.97 Å². The van der Waals surface area contributed by atoms with Gasteiger partial charge in [-0.15, -0.1) is 23.1 Å². The van der Waals surface area contributed by atoms with Crippen LogP contribution in [-0.2, 0) is 26.6 Å². The van der Waals surface area contributed by atoms with E-state index in [1.165, 1.54) is 30.0 Å². The molecule has 2 rings (SSSR count). The molecule has 140 valence electrons. The van der Waals surface area contributed by atoms with Gasteiger partial charge in [0.2, 0.25) is 11.7 Å². The third kappa shape index (κ3) is 5.99.